The summed E-state index contributed by atoms with van der Waals surface area (Å²) in [6, 6.07) is 15.3. The minimum atomic E-state index is 0. The third kappa shape index (κ3) is 6.70. The smallest absolute Gasteiger partial charge is 0.122 e. The third-order valence-corrected chi connectivity index (χ3v) is 2.93. The third-order valence-electron chi connectivity index (χ3n) is 2.93. The van der Waals surface area contributed by atoms with E-state index in [4.69, 9.17) is 0 Å². The fraction of sp³-hybridized carbons (Fsp3) is 0.333. The van der Waals surface area contributed by atoms with Crippen molar-refractivity contribution in [2.24, 2.45) is 0 Å². The predicted molar refractivity (Wildman–Crippen MR) is 82.5 cm³/mol. The molecule has 0 aliphatic rings. The minimum Gasteiger partial charge on any atom is -0.748 e. The van der Waals surface area contributed by atoms with Crippen molar-refractivity contribution in [3.05, 3.63) is 59.7 Å². The van der Waals surface area contributed by atoms with Crippen molar-refractivity contribution in [1.29, 1.82) is 0 Å². The molecule has 0 saturated carbocycles. The molecule has 2 aromatic rings. The molecule has 0 radical (unpaired) electrons. The van der Waals surface area contributed by atoms with E-state index in [0.717, 1.165) is 12.8 Å². The summed E-state index contributed by atoms with van der Waals surface area (Å²) in [7, 11) is 0. The van der Waals surface area contributed by atoms with Crippen molar-refractivity contribution in [2.45, 2.75) is 39.5 Å². The van der Waals surface area contributed by atoms with E-state index in [2.05, 4.69) is 0 Å². The molecule has 0 aliphatic carbocycles. The zero-order valence-electron chi connectivity index (χ0n) is 12.6. The molecule has 0 heterocycles. The van der Waals surface area contributed by atoms with E-state index in [-0.39, 0.29) is 28.6 Å². The maximum atomic E-state index is 11.7. The molecule has 0 fully saturated rings. The summed E-state index contributed by atoms with van der Waals surface area (Å²) < 4.78 is 0. The van der Waals surface area contributed by atoms with E-state index in [0.29, 0.717) is 24.0 Å². The summed E-state index contributed by atoms with van der Waals surface area (Å²) in [4.78, 5) is 23.4. The Hall–Kier alpha value is -1.44. The van der Waals surface area contributed by atoms with Crippen LogP contribution >= 0.6 is 0 Å². The number of rotatable bonds is 6. The quantitative estimate of drug-likeness (QED) is 0.435. The van der Waals surface area contributed by atoms with Crippen LogP contribution in [-0.2, 0) is 17.1 Å². The number of carbonyl (C=O) groups is 2. The van der Waals surface area contributed by atoms with Crippen LogP contribution in [0, 0.1) is 0 Å². The second kappa shape index (κ2) is 11.2. The van der Waals surface area contributed by atoms with Gasteiger partial charge in [0.2, 0.25) is 0 Å². The van der Waals surface area contributed by atoms with E-state index < -0.39 is 0 Å². The van der Waals surface area contributed by atoms with Crippen LogP contribution < -0.4 is 0 Å². The van der Waals surface area contributed by atoms with Crippen molar-refractivity contribution in [2.75, 3.05) is 0 Å². The van der Waals surface area contributed by atoms with Crippen LogP contribution in [-0.4, -0.2) is 11.6 Å². The van der Waals surface area contributed by atoms with Crippen LogP contribution in [0.25, 0.3) is 0 Å². The van der Waals surface area contributed by atoms with E-state index in [9.17, 15) is 9.59 Å². The van der Waals surface area contributed by atoms with Gasteiger partial charge in [-0.3, -0.25) is 0 Å². The fourth-order valence-corrected chi connectivity index (χ4v) is 1.95. The van der Waals surface area contributed by atoms with Gasteiger partial charge in [0.25, 0.3) is 0 Å². The molecule has 3 heteroatoms. The monoisotopic (exact) mass is 326 g/mol. The molecule has 0 saturated heterocycles. The molecule has 21 heavy (non-hydrogen) atoms. The normalized spacial score (nSPS) is 9.24. The Morgan fingerprint density at radius 2 is 1.52 bits per heavy atom. The molecule has 2 rings (SSSR count). The molecular formula is C18H22FeO2-6. The molecule has 0 bridgehead atoms. The average Bonchev–Trinajstić information content (AvgIpc) is 3.13. The van der Waals surface area contributed by atoms with Gasteiger partial charge in [-0.15, -0.1) is 11.6 Å². The fourth-order valence-electron chi connectivity index (χ4n) is 1.95. The molecule has 0 N–H and O–H groups in total. The first kappa shape index (κ1) is 19.6. The van der Waals surface area contributed by atoms with Crippen LogP contribution in [0.1, 0.15) is 60.2 Å². The van der Waals surface area contributed by atoms with Gasteiger partial charge in [0.05, 0.1) is 5.78 Å². The van der Waals surface area contributed by atoms with Crippen molar-refractivity contribution in [3.8, 4) is 0 Å². The zero-order valence-corrected chi connectivity index (χ0v) is 13.7. The van der Waals surface area contributed by atoms with Crippen LogP contribution in [0.5, 0.6) is 0 Å². The minimum absolute atomic E-state index is 0. The van der Waals surface area contributed by atoms with E-state index >= 15 is 0 Å². The average molecular weight is 326 g/mol. The Bertz CT molecular complexity index is 459. The summed E-state index contributed by atoms with van der Waals surface area (Å²) in [6.07, 6.45) is 2.70. The second-order valence-corrected chi connectivity index (χ2v) is 4.66. The van der Waals surface area contributed by atoms with Crippen molar-refractivity contribution >= 4 is 11.6 Å². The Kier molecular flexibility index (Phi) is 10.5. The number of ketones is 2. The van der Waals surface area contributed by atoms with Gasteiger partial charge in [-0.25, -0.2) is 0 Å². The number of carbonyl (C=O) groups excluding carboxylic acids is 2. The Morgan fingerprint density at radius 1 is 1.00 bits per heavy atom. The van der Waals surface area contributed by atoms with Gasteiger partial charge >= 0.3 is 0 Å². The van der Waals surface area contributed by atoms with Crippen molar-refractivity contribution < 1.29 is 26.7 Å². The van der Waals surface area contributed by atoms with Crippen LogP contribution in [0.3, 0.4) is 0 Å². The standard InChI is InChI=1S/C13H17O2.C5H5.Fe/c1-3-6-12(14)10-8-5-9-11(10)13(15)7-4-2;1-2-4-5-3-1;/h5,8-9H,3-4,6-7H2,1-2H3;1-5H;/q-1;-5;. The molecule has 0 spiro atoms. The van der Waals surface area contributed by atoms with E-state index in [1.165, 1.54) is 0 Å². The molecule has 120 valence electrons. The topological polar surface area (TPSA) is 34.1 Å². The predicted octanol–water partition coefficient (Wildman–Crippen LogP) is 4.77. The summed E-state index contributed by atoms with van der Waals surface area (Å²) in [5.41, 5.74) is 1.21. The maximum absolute atomic E-state index is 11.7. The van der Waals surface area contributed by atoms with Crippen LogP contribution in [0.4, 0.5) is 0 Å². The second-order valence-electron chi connectivity index (χ2n) is 4.66. The van der Waals surface area contributed by atoms with Crippen molar-refractivity contribution in [3.63, 3.8) is 0 Å². The Morgan fingerprint density at radius 3 is 2.00 bits per heavy atom. The van der Waals surface area contributed by atoms with Gasteiger partial charge in [0.15, 0.2) is 0 Å². The summed E-state index contributed by atoms with van der Waals surface area (Å²) >= 11 is 0. The van der Waals surface area contributed by atoms with E-state index in [1.54, 1.807) is 18.2 Å². The van der Waals surface area contributed by atoms with Gasteiger partial charge in [-0.1, -0.05) is 25.8 Å². The molecule has 0 unspecified atom stereocenters. The summed E-state index contributed by atoms with van der Waals surface area (Å²) in [5.74, 6) is 0.170. The maximum Gasteiger partial charge on any atom is 0.122 e. The largest absolute Gasteiger partial charge is 0.748 e. The first-order chi connectivity index (χ1) is 9.70. The number of hydrogen-bond donors (Lipinski definition) is 0. The van der Waals surface area contributed by atoms with Gasteiger partial charge in [0.1, 0.15) is 5.78 Å². The molecule has 0 atom stereocenters. The molecule has 0 amide bonds. The first-order valence-electron chi connectivity index (χ1n) is 7.19. The molecule has 0 aromatic heterocycles. The van der Waals surface area contributed by atoms with Gasteiger partial charge in [0, 0.05) is 23.5 Å². The number of Topliss-reactive ketones (excluding diaryl/α,β-unsaturated/α-hetero) is 2. The van der Waals surface area contributed by atoms with Gasteiger partial charge in [-0.05, 0) is 12.8 Å². The first-order valence-corrected chi connectivity index (χ1v) is 7.19. The van der Waals surface area contributed by atoms with Gasteiger partial charge in [-0.2, -0.15) is 12.1 Å². The zero-order chi connectivity index (χ0) is 14.8. The van der Waals surface area contributed by atoms with Crippen molar-refractivity contribution in [1.82, 2.24) is 0 Å². The summed E-state index contributed by atoms with van der Waals surface area (Å²) in [5, 5.41) is 0. The molecule has 0 aliphatic heterocycles. The van der Waals surface area contributed by atoms with E-state index in [1.807, 2.05) is 44.2 Å². The van der Waals surface area contributed by atoms with Gasteiger partial charge < -0.3 is 39.9 Å². The Labute approximate surface area is 137 Å². The number of hydrogen-bond acceptors (Lipinski definition) is 2. The SMILES string of the molecule is CCCC(=O)c1ccc[c-]1C(=O)CCC.[Fe].[cH-]1[cH-][cH-][cH-][cH-]1. The molecule has 2 aromatic carbocycles. The molecule has 2 nitrogen and oxygen atoms in total. The van der Waals surface area contributed by atoms with Crippen LogP contribution in [0.15, 0.2) is 48.5 Å². The molecular weight excluding hydrogens is 304 g/mol. The summed E-state index contributed by atoms with van der Waals surface area (Å²) in [6.45, 7) is 3.93. The van der Waals surface area contributed by atoms with Crippen LogP contribution in [0.2, 0.25) is 0 Å². The Balaban J connectivity index is 0.000000562.